The number of fused-ring (bicyclic) bond motifs is 5. The van der Waals surface area contributed by atoms with Crippen LogP contribution in [0.2, 0.25) is 0 Å². The highest BCUT2D eigenvalue weighted by atomic mass is 35.5. The van der Waals surface area contributed by atoms with Crippen molar-refractivity contribution in [3.8, 4) is 5.75 Å². The fraction of sp³-hybridized carbons (Fsp3) is 0.312. The molecule has 3 fully saturated rings. The molecule has 2 aliphatic carbocycles. The average Bonchev–Trinajstić information content (AvgIpc) is 3.29. The zero-order valence-electron chi connectivity index (χ0n) is 22.1. The molecule has 2 saturated heterocycles. The fourth-order valence-electron chi connectivity index (χ4n) is 7.58. The van der Waals surface area contributed by atoms with Gasteiger partial charge in [-0.1, -0.05) is 78.4 Å². The maximum atomic E-state index is 14.0. The zero-order chi connectivity index (χ0) is 28.8. The maximum Gasteiger partial charge on any atom is 0.253 e. The molecule has 7 rings (SSSR count). The summed E-state index contributed by atoms with van der Waals surface area (Å²) >= 11 is 14.5. The van der Waals surface area contributed by atoms with Crippen molar-refractivity contribution in [3.05, 3.63) is 89.5 Å². The van der Waals surface area contributed by atoms with E-state index >= 15 is 0 Å². The number of alkyl halides is 2. The van der Waals surface area contributed by atoms with Crippen molar-refractivity contribution in [2.45, 2.75) is 35.1 Å². The van der Waals surface area contributed by atoms with Gasteiger partial charge in [-0.05, 0) is 29.7 Å². The molecule has 2 heterocycles. The number of allylic oxidation sites excluding steroid dienone is 2. The van der Waals surface area contributed by atoms with E-state index in [1.165, 1.54) is 11.9 Å². The van der Waals surface area contributed by atoms with E-state index in [1.54, 1.807) is 18.2 Å². The Labute approximate surface area is 246 Å². The van der Waals surface area contributed by atoms with Crippen LogP contribution in [0.3, 0.4) is 0 Å². The Morgan fingerprint density at radius 1 is 0.878 bits per heavy atom. The highest BCUT2D eigenvalue weighted by molar-refractivity contribution is 6.53. The molecule has 208 valence electrons. The number of halogens is 2. The Hall–Kier alpha value is -3.68. The Morgan fingerprint density at radius 3 is 2.34 bits per heavy atom. The predicted molar refractivity (Wildman–Crippen MR) is 153 cm³/mol. The Balaban J connectivity index is 1.39. The van der Waals surface area contributed by atoms with Crippen LogP contribution < -0.4 is 0 Å². The highest BCUT2D eigenvalue weighted by Crippen LogP contribution is 2.66. The third kappa shape index (κ3) is 3.33. The molecule has 1 N–H and O–H groups in total. The van der Waals surface area contributed by atoms with E-state index in [0.29, 0.717) is 16.5 Å². The molecule has 6 atom stereocenters. The summed E-state index contributed by atoms with van der Waals surface area (Å²) in [6.45, 7) is 0.147. The van der Waals surface area contributed by atoms with Crippen molar-refractivity contribution in [1.29, 1.82) is 0 Å². The molecule has 0 radical (unpaired) electrons. The van der Waals surface area contributed by atoms with Gasteiger partial charge in [-0.3, -0.25) is 29.0 Å². The number of phenols is 1. The monoisotopic (exact) mass is 588 g/mol. The minimum Gasteiger partial charge on any atom is -0.507 e. The number of nitrogens with zero attached hydrogens (tertiary/aromatic N) is 2. The molecule has 4 amide bonds. The summed E-state index contributed by atoms with van der Waals surface area (Å²) in [4.78, 5) is 53.3. The lowest BCUT2D eigenvalue weighted by atomic mass is 9.56. The second kappa shape index (κ2) is 8.91. The number of benzene rings is 3. The van der Waals surface area contributed by atoms with Crippen molar-refractivity contribution >= 4 is 57.6 Å². The van der Waals surface area contributed by atoms with Gasteiger partial charge in [-0.15, -0.1) is 23.2 Å². The van der Waals surface area contributed by atoms with E-state index in [1.807, 2.05) is 54.6 Å². The number of carbonyl (C=O) groups is 4. The number of hydrogen-bond donors (Lipinski definition) is 1. The normalized spacial score (nSPS) is 32.7. The summed E-state index contributed by atoms with van der Waals surface area (Å²) < 4.78 is 0. The first-order chi connectivity index (χ1) is 19.6. The van der Waals surface area contributed by atoms with Crippen LogP contribution in [0.4, 0.5) is 0 Å². The molecule has 0 spiro atoms. The molecular formula is C32H26Cl2N2O5. The summed E-state index contributed by atoms with van der Waals surface area (Å²) in [6, 6.07) is 20.1. The van der Waals surface area contributed by atoms with Gasteiger partial charge in [-0.2, -0.15) is 0 Å². The number of carbonyl (C=O) groups excluding carboxylic acids is 4. The number of rotatable bonds is 3. The first kappa shape index (κ1) is 26.2. The number of likely N-dealkylation sites (tertiary alicyclic amines) is 2. The fourth-order valence-corrected chi connectivity index (χ4v) is 8.59. The summed E-state index contributed by atoms with van der Waals surface area (Å²) in [5.41, 5.74) is 1.84. The third-order valence-corrected chi connectivity index (χ3v) is 10.9. The second-order valence-corrected chi connectivity index (χ2v) is 12.7. The van der Waals surface area contributed by atoms with Crippen LogP contribution in [0.25, 0.3) is 10.8 Å². The van der Waals surface area contributed by atoms with Crippen molar-refractivity contribution in [2.75, 3.05) is 7.05 Å². The number of phenolic OH excluding ortho intramolecular Hbond substituents is 1. The van der Waals surface area contributed by atoms with Crippen LogP contribution >= 0.6 is 23.2 Å². The van der Waals surface area contributed by atoms with E-state index < -0.39 is 45.2 Å². The number of imide groups is 2. The largest absolute Gasteiger partial charge is 0.507 e. The number of hydrogen-bond acceptors (Lipinski definition) is 5. The number of aromatic hydroxyl groups is 1. The molecule has 2 aliphatic heterocycles. The maximum absolute atomic E-state index is 14.0. The van der Waals surface area contributed by atoms with Crippen LogP contribution in [0, 0.1) is 17.8 Å². The second-order valence-electron chi connectivity index (χ2n) is 11.5. The van der Waals surface area contributed by atoms with Gasteiger partial charge in [0.15, 0.2) is 9.75 Å². The van der Waals surface area contributed by atoms with Gasteiger partial charge in [0.2, 0.25) is 11.8 Å². The van der Waals surface area contributed by atoms with Crippen molar-refractivity contribution < 1.29 is 24.3 Å². The Bertz CT molecular complexity index is 1710. The molecule has 1 saturated carbocycles. The average molecular weight is 589 g/mol. The highest BCUT2D eigenvalue weighted by Gasteiger charge is 2.76. The molecule has 9 heteroatoms. The molecule has 0 unspecified atom stereocenters. The molecule has 3 aromatic rings. The quantitative estimate of drug-likeness (QED) is 0.271. The predicted octanol–water partition coefficient (Wildman–Crippen LogP) is 4.73. The summed E-state index contributed by atoms with van der Waals surface area (Å²) in [5, 5.41) is 12.9. The van der Waals surface area contributed by atoms with Crippen LogP contribution in [-0.4, -0.2) is 55.3 Å². The van der Waals surface area contributed by atoms with Crippen LogP contribution in [0.5, 0.6) is 5.75 Å². The van der Waals surface area contributed by atoms with Gasteiger partial charge in [0, 0.05) is 23.9 Å². The molecule has 7 nitrogen and oxygen atoms in total. The van der Waals surface area contributed by atoms with Gasteiger partial charge < -0.3 is 5.11 Å². The van der Waals surface area contributed by atoms with Gasteiger partial charge in [0.25, 0.3) is 11.8 Å². The van der Waals surface area contributed by atoms with Crippen molar-refractivity contribution in [3.63, 3.8) is 0 Å². The summed E-state index contributed by atoms with van der Waals surface area (Å²) in [7, 11) is 1.35. The van der Waals surface area contributed by atoms with E-state index in [4.69, 9.17) is 23.2 Å². The van der Waals surface area contributed by atoms with E-state index in [0.717, 1.165) is 15.8 Å². The van der Waals surface area contributed by atoms with E-state index in [-0.39, 0.29) is 37.0 Å². The van der Waals surface area contributed by atoms with Gasteiger partial charge in [0.1, 0.15) is 5.75 Å². The Kier molecular flexibility index (Phi) is 5.70. The van der Waals surface area contributed by atoms with Gasteiger partial charge in [-0.25, -0.2) is 0 Å². The standard InChI is InChI=1S/C32H26Cl2N2O5/c1-35-29(40)31(33)15-23-20(13-14-21-24(23)28(39)36(27(21)38)16-17-7-3-2-4-8-17)25(32(31,34)30(35)41)22-12-11-18-9-5-6-10-19(18)26(22)37/h2-13,21,23-25,37H,14-16H2,1H3/t21-,23+,24-,25+,31+,32-/m0/s1. The molecule has 41 heavy (non-hydrogen) atoms. The lowest BCUT2D eigenvalue weighted by Gasteiger charge is -2.50. The first-order valence-electron chi connectivity index (χ1n) is 13.6. The molecule has 3 aromatic carbocycles. The molecule has 4 aliphatic rings. The molecule has 0 bridgehead atoms. The summed E-state index contributed by atoms with van der Waals surface area (Å²) in [5.74, 6) is -4.96. The van der Waals surface area contributed by atoms with Gasteiger partial charge in [0.05, 0.1) is 18.4 Å². The number of amides is 4. The molecular weight excluding hydrogens is 563 g/mol. The lowest BCUT2D eigenvalue weighted by molar-refractivity contribution is -0.141. The van der Waals surface area contributed by atoms with Crippen LogP contribution in [0.15, 0.2) is 78.4 Å². The van der Waals surface area contributed by atoms with Crippen molar-refractivity contribution in [1.82, 2.24) is 9.80 Å². The van der Waals surface area contributed by atoms with E-state index in [2.05, 4.69) is 0 Å². The topological polar surface area (TPSA) is 95.0 Å². The van der Waals surface area contributed by atoms with Crippen molar-refractivity contribution in [2.24, 2.45) is 17.8 Å². The van der Waals surface area contributed by atoms with Crippen LogP contribution in [0.1, 0.15) is 29.9 Å². The molecule has 0 aromatic heterocycles. The van der Waals surface area contributed by atoms with Crippen LogP contribution in [-0.2, 0) is 25.7 Å². The zero-order valence-corrected chi connectivity index (χ0v) is 23.6. The smallest absolute Gasteiger partial charge is 0.253 e. The van der Waals surface area contributed by atoms with Gasteiger partial charge >= 0.3 is 0 Å². The summed E-state index contributed by atoms with van der Waals surface area (Å²) in [6.07, 6.45) is 2.07. The third-order valence-electron chi connectivity index (χ3n) is 9.53. The lowest BCUT2D eigenvalue weighted by Crippen LogP contribution is -2.60. The minimum absolute atomic E-state index is 0.0647. The van der Waals surface area contributed by atoms with E-state index in [9.17, 15) is 24.3 Å². The SMILES string of the molecule is CN1C(=O)[C@]2(Cl)C[C@@H]3C(=CC[C@@H]4C(=O)N(Cc5ccccc5)C(=O)[C@@H]43)[C@H](c3ccc4ccccc4c3O)[C@]2(Cl)C1=O. The Morgan fingerprint density at radius 2 is 1.59 bits per heavy atom. The first-order valence-corrected chi connectivity index (χ1v) is 14.3. The minimum atomic E-state index is -1.94.